The van der Waals surface area contributed by atoms with E-state index in [4.69, 9.17) is 5.73 Å². The highest BCUT2D eigenvalue weighted by atomic mass is 79.9. The maximum absolute atomic E-state index is 12.1. The van der Waals surface area contributed by atoms with Gasteiger partial charge in [0.1, 0.15) is 5.75 Å². The van der Waals surface area contributed by atoms with Crippen LogP contribution in [0, 0.1) is 0 Å². The van der Waals surface area contributed by atoms with E-state index in [-0.39, 0.29) is 11.8 Å². The van der Waals surface area contributed by atoms with Crippen molar-refractivity contribution in [2.45, 2.75) is 18.8 Å². The maximum atomic E-state index is 12.1. The van der Waals surface area contributed by atoms with Gasteiger partial charge in [0.25, 0.3) is 0 Å². The molecule has 0 saturated heterocycles. The van der Waals surface area contributed by atoms with Crippen LogP contribution in [-0.2, 0) is 6.42 Å². The van der Waals surface area contributed by atoms with Crippen molar-refractivity contribution in [1.29, 1.82) is 0 Å². The SMILES string of the molecule is NC(Cc1ccc(OC(F)(F)F)cc1)c1cncc(Br)c1. The van der Waals surface area contributed by atoms with Crippen molar-refractivity contribution in [3.8, 4) is 5.75 Å². The van der Waals surface area contributed by atoms with Gasteiger partial charge in [0.15, 0.2) is 0 Å². The first-order chi connectivity index (χ1) is 9.83. The highest BCUT2D eigenvalue weighted by Crippen LogP contribution is 2.24. The molecule has 0 bridgehead atoms. The first-order valence-corrected chi connectivity index (χ1v) is 6.83. The number of nitrogens with zero attached hydrogens (tertiary/aromatic N) is 1. The van der Waals surface area contributed by atoms with Gasteiger partial charge in [-0.25, -0.2) is 0 Å². The molecule has 1 atom stereocenters. The third-order valence-electron chi connectivity index (χ3n) is 2.77. The van der Waals surface area contributed by atoms with Crippen molar-refractivity contribution in [3.63, 3.8) is 0 Å². The lowest BCUT2D eigenvalue weighted by atomic mass is 10.0. The first kappa shape index (κ1) is 15.8. The Labute approximate surface area is 128 Å². The van der Waals surface area contributed by atoms with Crippen LogP contribution in [0.2, 0.25) is 0 Å². The molecule has 1 unspecified atom stereocenters. The zero-order valence-corrected chi connectivity index (χ0v) is 12.4. The summed E-state index contributed by atoms with van der Waals surface area (Å²) >= 11 is 3.31. The summed E-state index contributed by atoms with van der Waals surface area (Å²) in [7, 11) is 0. The normalized spacial score (nSPS) is 13.0. The Kier molecular flexibility index (Phi) is 4.84. The zero-order chi connectivity index (χ0) is 15.5. The van der Waals surface area contributed by atoms with Gasteiger partial charge in [0, 0.05) is 22.9 Å². The molecule has 1 aromatic heterocycles. The lowest BCUT2D eigenvalue weighted by Gasteiger charge is -2.13. The Hall–Kier alpha value is -1.60. The molecule has 0 aliphatic rings. The molecule has 0 spiro atoms. The number of hydrogen-bond donors (Lipinski definition) is 1. The molecule has 3 nitrogen and oxygen atoms in total. The van der Waals surface area contributed by atoms with E-state index in [0.29, 0.717) is 6.42 Å². The quantitative estimate of drug-likeness (QED) is 0.896. The Morgan fingerprint density at radius 2 is 1.86 bits per heavy atom. The van der Waals surface area contributed by atoms with E-state index < -0.39 is 6.36 Å². The van der Waals surface area contributed by atoms with E-state index in [2.05, 4.69) is 25.7 Å². The van der Waals surface area contributed by atoms with Crippen molar-refractivity contribution in [2.75, 3.05) is 0 Å². The molecular formula is C14H12BrF3N2O. The second kappa shape index (κ2) is 6.44. The average molecular weight is 361 g/mol. The summed E-state index contributed by atoms with van der Waals surface area (Å²) < 4.78 is 40.8. The zero-order valence-electron chi connectivity index (χ0n) is 10.8. The van der Waals surface area contributed by atoms with Crippen molar-refractivity contribution in [1.82, 2.24) is 4.98 Å². The summed E-state index contributed by atoms with van der Waals surface area (Å²) in [5, 5.41) is 0. The molecule has 21 heavy (non-hydrogen) atoms. The van der Waals surface area contributed by atoms with Crippen LogP contribution in [0.25, 0.3) is 0 Å². The van der Waals surface area contributed by atoms with Gasteiger partial charge < -0.3 is 10.5 Å². The molecule has 0 radical (unpaired) electrons. The lowest BCUT2D eigenvalue weighted by molar-refractivity contribution is -0.274. The fraction of sp³-hybridized carbons (Fsp3) is 0.214. The molecule has 1 heterocycles. The van der Waals surface area contributed by atoms with E-state index in [1.54, 1.807) is 24.5 Å². The molecule has 1 aromatic carbocycles. The van der Waals surface area contributed by atoms with Gasteiger partial charge in [-0.3, -0.25) is 4.98 Å². The van der Waals surface area contributed by atoms with Crippen molar-refractivity contribution in [2.24, 2.45) is 5.73 Å². The van der Waals surface area contributed by atoms with Gasteiger partial charge in [-0.2, -0.15) is 0 Å². The predicted molar refractivity (Wildman–Crippen MR) is 75.7 cm³/mol. The Balaban J connectivity index is 2.03. The van der Waals surface area contributed by atoms with E-state index >= 15 is 0 Å². The summed E-state index contributed by atoms with van der Waals surface area (Å²) in [4.78, 5) is 4.03. The standard InChI is InChI=1S/C14H12BrF3N2O/c15-11-6-10(7-20-8-11)13(19)5-9-1-3-12(4-2-9)21-14(16,17)18/h1-4,6-8,13H,5,19H2. The number of ether oxygens (including phenoxy) is 1. The first-order valence-electron chi connectivity index (χ1n) is 6.04. The van der Waals surface area contributed by atoms with Crippen molar-refractivity contribution in [3.05, 3.63) is 58.3 Å². The number of hydrogen-bond acceptors (Lipinski definition) is 3. The van der Waals surface area contributed by atoms with Crippen LogP contribution in [0.15, 0.2) is 47.2 Å². The number of pyridine rings is 1. The van der Waals surface area contributed by atoms with Gasteiger partial charge in [-0.05, 0) is 51.7 Å². The molecule has 2 rings (SSSR count). The van der Waals surface area contributed by atoms with E-state index in [1.165, 1.54) is 12.1 Å². The van der Waals surface area contributed by atoms with Crippen LogP contribution < -0.4 is 10.5 Å². The fourth-order valence-electron chi connectivity index (χ4n) is 1.83. The molecular weight excluding hydrogens is 349 g/mol. The second-order valence-corrected chi connectivity index (χ2v) is 5.35. The van der Waals surface area contributed by atoms with Crippen molar-refractivity contribution < 1.29 is 17.9 Å². The van der Waals surface area contributed by atoms with E-state index in [0.717, 1.165) is 15.6 Å². The number of benzene rings is 1. The van der Waals surface area contributed by atoms with Crippen LogP contribution in [0.1, 0.15) is 17.2 Å². The van der Waals surface area contributed by atoms with Crippen LogP contribution in [0.4, 0.5) is 13.2 Å². The Morgan fingerprint density at radius 1 is 1.19 bits per heavy atom. The number of rotatable bonds is 4. The van der Waals surface area contributed by atoms with Crippen LogP contribution in [-0.4, -0.2) is 11.3 Å². The minimum Gasteiger partial charge on any atom is -0.406 e. The smallest absolute Gasteiger partial charge is 0.406 e. The minimum atomic E-state index is -4.68. The molecule has 0 amide bonds. The summed E-state index contributed by atoms with van der Waals surface area (Å²) in [6.45, 7) is 0. The molecule has 2 aromatic rings. The molecule has 0 fully saturated rings. The highest BCUT2D eigenvalue weighted by Gasteiger charge is 2.30. The average Bonchev–Trinajstić information content (AvgIpc) is 2.39. The summed E-state index contributed by atoms with van der Waals surface area (Å²) in [6, 6.07) is 7.24. The highest BCUT2D eigenvalue weighted by molar-refractivity contribution is 9.10. The summed E-state index contributed by atoms with van der Waals surface area (Å²) in [5.41, 5.74) is 7.73. The van der Waals surface area contributed by atoms with Gasteiger partial charge in [0.2, 0.25) is 0 Å². The van der Waals surface area contributed by atoms with Gasteiger partial charge in [0.05, 0.1) is 0 Å². The number of alkyl halides is 3. The Bertz CT molecular complexity index is 602. The largest absolute Gasteiger partial charge is 0.573 e. The van der Waals surface area contributed by atoms with Crippen LogP contribution in [0.3, 0.4) is 0 Å². The minimum absolute atomic E-state index is 0.246. The number of aromatic nitrogens is 1. The topological polar surface area (TPSA) is 48.1 Å². The lowest BCUT2D eigenvalue weighted by Crippen LogP contribution is -2.17. The van der Waals surface area contributed by atoms with Crippen LogP contribution in [0.5, 0.6) is 5.75 Å². The van der Waals surface area contributed by atoms with Gasteiger partial charge >= 0.3 is 6.36 Å². The maximum Gasteiger partial charge on any atom is 0.573 e. The number of nitrogens with two attached hydrogens (primary N) is 1. The van der Waals surface area contributed by atoms with Crippen molar-refractivity contribution >= 4 is 15.9 Å². The van der Waals surface area contributed by atoms with Gasteiger partial charge in [-0.15, -0.1) is 13.2 Å². The molecule has 7 heteroatoms. The summed E-state index contributed by atoms with van der Waals surface area (Å²) in [5.74, 6) is -0.246. The molecule has 0 aliphatic heterocycles. The molecule has 0 saturated carbocycles. The monoisotopic (exact) mass is 360 g/mol. The Morgan fingerprint density at radius 3 is 2.43 bits per heavy atom. The third-order valence-corrected chi connectivity index (χ3v) is 3.20. The third kappa shape index (κ3) is 5.02. The van der Waals surface area contributed by atoms with Crippen LogP contribution >= 0.6 is 15.9 Å². The van der Waals surface area contributed by atoms with E-state index in [1.807, 2.05) is 6.07 Å². The number of halogens is 4. The summed E-state index contributed by atoms with van der Waals surface area (Å²) in [6.07, 6.45) is -0.875. The fourth-order valence-corrected chi connectivity index (χ4v) is 2.21. The van der Waals surface area contributed by atoms with E-state index in [9.17, 15) is 13.2 Å². The molecule has 2 N–H and O–H groups in total. The molecule has 112 valence electrons. The van der Waals surface area contributed by atoms with Gasteiger partial charge in [-0.1, -0.05) is 12.1 Å². The molecule has 0 aliphatic carbocycles. The second-order valence-electron chi connectivity index (χ2n) is 4.44. The predicted octanol–water partition coefficient (Wildman–Crippen LogP) is 3.99.